The summed E-state index contributed by atoms with van der Waals surface area (Å²) < 4.78 is 0. The number of nitrogens with zero attached hydrogens (tertiary/aromatic N) is 1. The van der Waals surface area contributed by atoms with Gasteiger partial charge >= 0.3 is 0 Å². The molecule has 110 valence electrons. The molecule has 0 radical (unpaired) electrons. The number of aromatic amines is 1. The third-order valence-corrected chi connectivity index (χ3v) is 5.31. The van der Waals surface area contributed by atoms with Crippen molar-refractivity contribution in [1.82, 2.24) is 15.3 Å². The lowest BCUT2D eigenvalue weighted by molar-refractivity contribution is 0.100. The number of carbonyl (C=O) groups excluding carboxylic acids is 1. The molecule has 5 nitrogen and oxygen atoms in total. The zero-order valence-electron chi connectivity index (χ0n) is 12.1. The van der Waals surface area contributed by atoms with Gasteiger partial charge in [0.1, 0.15) is 11.3 Å². The zero-order valence-corrected chi connectivity index (χ0v) is 12.1. The van der Waals surface area contributed by atoms with Gasteiger partial charge in [-0.2, -0.15) is 0 Å². The largest absolute Gasteiger partial charge is 0.366 e. The van der Waals surface area contributed by atoms with E-state index >= 15 is 0 Å². The van der Waals surface area contributed by atoms with E-state index in [9.17, 15) is 4.79 Å². The fraction of sp³-hybridized carbons (Fsp3) is 0.500. The third kappa shape index (κ3) is 1.67. The SMILES string of the molecule is CCC1CC2CCC1(c1nc3c(C(N)=O)cccc3[nH]1)N2. The molecule has 3 atom stereocenters. The second-order valence-electron chi connectivity index (χ2n) is 6.34. The molecule has 1 aromatic carbocycles. The number of primary amides is 1. The van der Waals surface area contributed by atoms with Crippen molar-refractivity contribution in [1.29, 1.82) is 0 Å². The van der Waals surface area contributed by atoms with Crippen LogP contribution in [0.3, 0.4) is 0 Å². The van der Waals surface area contributed by atoms with Crippen molar-refractivity contribution in [3.63, 3.8) is 0 Å². The summed E-state index contributed by atoms with van der Waals surface area (Å²) in [4.78, 5) is 19.8. The van der Waals surface area contributed by atoms with Gasteiger partial charge in [0.2, 0.25) is 0 Å². The Bertz CT molecular complexity index is 722. The summed E-state index contributed by atoms with van der Waals surface area (Å²) >= 11 is 0. The van der Waals surface area contributed by atoms with Crippen molar-refractivity contribution in [3.8, 4) is 0 Å². The number of H-pyrrole nitrogens is 1. The zero-order chi connectivity index (χ0) is 14.6. The van der Waals surface area contributed by atoms with Crippen LogP contribution in [-0.2, 0) is 5.54 Å². The van der Waals surface area contributed by atoms with Gasteiger partial charge in [-0.15, -0.1) is 0 Å². The molecule has 2 saturated heterocycles. The number of rotatable bonds is 3. The summed E-state index contributed by atoms with van der Waals surface area (Å²) in [5.41, 5.74) is 7.49. The van der Waals surface area contributed by atoms with Crippen LogP contribution in [0.15, 0.2) is 18.2 Å². The molecule has 2 aliphatic rings. The minimum atomic E-state index is -0.424. The van der Waals surface area contributed by atoms with E-state index in [4.69, 9.17) is 10.7 Å². The minimum Gasteiger partial charge on any atom is -0.366 e. The summed E-state index contributed by atoms with van der Waals surface area (Å²) in [6, 6.07) is 6.15. The van der Waals surface area contributed by atoms with Crippen LogP contribution in [0.25, 0.3) is 11.0 Å². The van der Waals surface area contributed by atoms with E-state index in [-0.39, 0.29) is 5.54 Å². The van der Waals surface area contributed by atoms with Gasteiger partial charge in [-0.1, -0.05) is 19.4 Å². The van der Waals surface area contributed by atoms with Gasteiger partial charge in [0, 0.05) is 6.04 Å². The molecule has 2 aromatic rings. The normalized spacial score (nSPS) is 31.1. The van der Waals surface area contributed by atoms with Crippen molar-refractivity contribution < 1.29 is 4.79 Å². The highest BCUT2D eigenvalue weighted by atomic mass is 16.1. The monoisotopic (exact) mass is 284 g/mol. The van der Waals surface area contributed by atoms with Crippen LogP contribution >= 0.6 is 0 Å². The maximum Gasteiger partial charge on any atom is 0.250 e. The highest BCUT2D eigenvalue weighted by Gasteiger charge is 2.53. The lowest BCUT2D eigenvalue weighted by Crippen LogP contribution is -2.39. The fourth-order valence-corrected chi connectivity index (χ4v) is 4.29. The maximum atomic E-state index is 11.6. The van der Waals surface area contributed by atoms with Crippen LogP contribution in [0.1, 0.15) is 48.8 Å². The second-order valence-corrected chi connectivity index (χ2v) is 6.34. The van der Waals surface area contributed by atoms with E-state index in [1.165, 1.54) is 12.8 Å². The molecule has 0 saturated carbocycles. The number of hydrogen-bond donors (Lipinski definition) is 3. The van der Waals surface area contributed by atoms with Crippen molar-refractivity contribution in [2.24, 2.45) is 11.7 Å². The van der Waals surface area contributed by atoms with E-state index < -0.39 is 5.91 Å². The van der Waals surface area contributed by atoms with Crippen molar-refractivity contribution >= 4 is 16.9 Å². The number of aromatic nitrogens is 2. The first-order valence-electron chi connectivity index (χ1n) is 7.71. The molecule has 4 rings (SSSR count). The van der Waals surface area contributed by atoms with Gasteiger partial charge in [-0.3, -0.25) is 4.79 Å². The Kier molecular flexibility index (Phi) is 2.63. The number of hydrogen-bond acceptors (Lipinski definition) is 3. The first kappa shape index (κ1) is 12.8. The fourth-order valence-electron chi connectivity index (χ4n) is 4.29. The van der Waals surface area contributed by atoms with Gasteiger partial charge in [0.25, 0.3) is 5.91 Å². The number of imidazole rings is 1. The molecule has 1 amide bonds. The van der Waals surface area contributed by atoms with E-state index in [1.54, 1.807) is 6.07 Å². The molecule has 3 heterocycles. The van der Waals surface area contributed by atoms with Gasteiger partial charge < -0.3 is 16.0 Å². The Labute approximate surface area is 123 Å². The number of carbonyl (C=O) groups is 1. The van der Waals surface area contributed by atoms with Crippen molar-refractivity contribution in [3.05, 3.63) is 29.6 Å². The number of nitrogens with two attached hydrogens (primary N) is 1. The summed E-state index contributed by atoms with van der Waals surface area (Å²) in [6.45, 7) is 2.24. The topological polar surface area (TPSA) is 83.8 Å². The average molecular weight is 284 g/mol. The van der Waals surface area contributed by atoms with Crippen LogP contribution in [-0.4, -0.2) is 21.9 Å². The van der Waals surface area contributed by atoms with E-state index in [1.807, 2.05) is 12.1 Å². The standard InChI is InChI=1S/C16H20N4O/c1-2-9-8-10-6-7-16(9,20-10)15-18-12-5-3-4-11(14(17)21)13(12)19-15/h3-5,9-10,20H,2,6-8H2,1H3,(H2,17,21)(H,18,19). The first-order chi connectivity index (χ1) is 10.1. The lowest BCUT2D eigenvalue weighted by Gasteiger charge is -2.31. The molecule has 5 heteroatoms. The summed E-state index contributed by atoms with van der Waals surface area (Å²) in [5, 5.41) is 3.76. The average Bonchev–Trinajstić information content (AvgIpc) is 3.17. The molecule has 2 fully saturated rings. The highest BCUT2D eigenvalue weighted by Crippen LogP contribution is 2.49. The predicted molar refractivity (Wildman–Crippen MR) is 80.8 cm³/mol. The van der Waals surface area contributed by atoms with Crippen LogP contribution < -0.4 is 11.1 Å². The van der Waals surface area contributed by atoms with Gasteiger partial charge in [0.05, 0.1) is 16.6 Å². The van der Waals surface area contributed by atoms with Gasteiger partial charge in [-0.05, 0) is 37.3 Å². The quantitative estimate of drug-likeness (QED) is 0.806. The highest BCUT2D eigenvalue weighted by molar-refractivity contribution is 6.04. The Morgan fingerprint density at radius 3 is 3.10 bits per heavy atom. The van der Waals surface area contributed by atoms with Gasteiger partial charge in [0.15, 0.2) is 0 Å². The predicted octanol–water partition coefficient (Wildman–Crippen LogP) is 2.04. The van der Waals surface area contributed by atoms with Crippen LogP contribution in [0, 0.1) is 5.92 Å². The molecule has 3 unspecified atom stereocenters. The lowest BCUT2D eigenvalue weighted by atomic mass is 9.76. The number of benzene rings is 1. The van der Waals surface area contributed by atoms with Crippen molar-refractivity contribution in [2.45, 2.75) is 44.2 Å². The smallest absolute Gasteiger partial charge is 0.250 e. The molecular formula is C16H20N4O. The summed E-state index contributed by atoms with van der Waals surface area (Å²) in [7, 11) is 0. The molecule has 4 N–H and O–H groups in total. The van der Waals surface area contributed by atoms with E-state index in [0.717, 1.165) is 24.2 Å². The second kappa shape index (κ2) is 4.31. The van der Waals surface area contributed by atoms with Crippen molar-refractivity contribution in [2.75, 3.05) is 0 Å². The van der Waals surface area contributed by atoms with Gasteiger partial charge in [-0.25, -0.2) is 4.98 Å². The van der Waals surface area contributed by atoms with E-state index in [2.05, 4.69) is 17.2 Å². The molecule has 2 bridgehead atoms. The first-order valence-corrected chi connectivity index (χ1v) is 7.71. The molecule has 2 aliphatic heterocycles. The third-order valence-electron chi connectivity index (χ3n) is 5.31. The van der Waals surface area contributed by atoms with Crippen LogP contribution in [0.5, 0.6) is 0 Å². The van der Waals surface area contributed by atoms with Crippen LogP contribution in [0.4, 0.5) is 0 Å². The Balaban J connectivity index is 1.88. The summed E-state index contributed by atoms with van der Waals surface area (Å²) in [5.74, 6) is 1.15. The Hall–Kier alpha value is -1.88. The summed E-state index contributed by atoms with van der Waals surface area (Å²) in [6.07, 6.45) is 4.68. The maximum absolute atomic E-state index is 11.6. The van der Waals surface area contributed by atoms with Crippen LogP contribution in [0.2, 0.25) is 0 Å². The molecule has 0 aliphatic carbocycles. The number of nitrogens with one attached hydrogen (secondary N) is 2. The van der Waals surface area contributed by atoms with E-state index in [0.29, 0.717) is 23.0 Å². The minimum absolute atomic E-state index is 0.0483. The number of fused-ring (bicyclic) bond motifs is 3. The molecule has 21 heavy (non-hydrogen) atoms. The number of amides is 1. The molecule has 1 aromatic heterocycles. The Morgan fingerprint density at radius 1 is 1.52 bits per heavy atom. The molecule has 0 spiro atoms. The number of para-hydroxylation sites is 1. The molecular weight excluding hydrogens is 264 g/mol. The Morgan fingerprint density at radius 2 is 2.38 bits per heavy atom.